The van der Waals surface area contributed by atoms with E-state index in [4.69, 9.17) is 0 Å². The Morgan fingerprint density at radius 2 is 1.31 bits per heavy atom. The molecule has 188 valence electrons. The maximum absolute atomic E-state index is 13.7. The third-order valence-corrected chi connectivity index (χ3v) is 7.45. The normalized spacial score (nSPS) is 12.3. The molecule has 0 saturated carbocycles. The average molecular weight is 477 g/mol. The molecule has 1 amide bonds. The summed E-state index contributed by atoms with van der Waals surface area (Å²) in [4.78, 5) is 30.7. The van der Waals surface area contributed by atoms with E-state index in [1.807, 2.05) is 33.8 Å². The number of phenols is 1. The number of fused-ring (bicyclic) bond motifs is 1. The second kappa shape index (κ2) is 8.54. The molecule has 35 heavy (non-hydrogen) atoms. The van der Waals surface area contributed by atoms with Crippen LogP contribution in [-0.4, -0.2) is 16.0 Å². The molecular formula is C30H40N2O3. The largest absolute Gasteiger partial charge is 0.507 e. The molecule has 0 fully saturated rings. The summed E-state index contributed by atoms with van der Waals surface area (Å²) in [7, 11) is 0. The molecule has 0 aliphatic rings. The van der Waals surface area contributed by atoms with Gasteiger partial charge in [0.05, 0.1) is 11.2 Å². The lowest BCUT2D eigenvalue weighted by Crippen LogP contribution is -2.27. The first-order valence-electron chi connectivity index (χ1n) is 12.2. The molecule has 0 atom stereocenters. The van der Waals surface area contributed by atoms with Crippen molar-refractivity contribution in [1.82, 2.24) is 4.98 Å². The van der Waals surface area contributed by atoms with Crippen LogP contribution in [0.4, 0.5) is 5.69 Å². The van der Waals surface area contributed by atoms with E-state index in [0.29, 0.717) is 22.3 Å². The van der Waals surface area contributed by atoms with Crippen LogP contribution in [0.3, 0.4) is 0 Å². The van der Waals surface area contributed by atoms with Crippen molar-refractivity contribution in [2.75, 3.05) is 5.32 Å². The second-order valence-electron chi connectivity index (χ2n) is 12.0. The Morgan fingerprint density at radius 1 is 0.800 bits per heavy atom. The zero-order valence-electron chi connectivity index (χ0n) is 23.3. The van der Waals surface area contributed by atoms with Gasteiger partial charge in [0.2, 0.25) is 5.43 Å². The van der Waals surface area contributed by atoms with Gasteiger partial charge in [0, 0.05) is 16.6 Å². The number of aromatic hydroxyl groups is 1. The van der Waals surface area contributed by atoms with Crippen LogP contribution in [0.25, 0.3) is 10.9 Å². The Labute approximate surface area is 209 Å². The fourth-order valence-corrected chi connectivity index (χ4v) is 4.88. The van der Waals surface area contributed by atoms with Crippen molar-refractivity contribution in [2.45, 2.75) is 93.9 Å². The SMILES string of the molecule is Cc1[nH]c2c(C)c(C)c(C)c(C)c2c(=O)c1C(=O)Nc1c(C(C)(C)C)cc(C(C)(C)C)c(O)c1C. The highest BCUT2D eigenvalue weighted by Crippen LogP contribution is 2.43. The first-order chi connectivity index (χ1) is 15.9. The van der Waals surface area contributed by atoms with Crippen LogP contribution in [0.1, 0.15) is 96.5 Å². The van der Waals surface area contributed by atoms with Gasteiger partial charge >= 0.3 is 0 Å². The highest BCUT2D eigenvalue weighted by Gasteiger charge is 2.29. The third kappa shape index (κ3) is 4.37. The lowest BCUT2D eigenvalue weighted by atomic mass is 9.78. The van der Waals surface area contributed by atoms with Crippen LogP contribution in [0.15, 0.2) is 10.9 Å². The monoisotopic (exact) mass is 476 g/mol. The Morgan fingerprint density at radius 3 is 1.83 bits per heavy atom. The van der Waals surface area contributed by atoms with Gasteiger partial charge in [0.1, 0.15) is 11.3 Å². The van der Waals surface area contributed by atoms with E-state index in [1.165, 1.54) is 0 Å². The number of carbonyl (C=O) groups excluding carboxylic acids is 1. The van der Waals surface area contributed by atoms with Crippen molar-refractivity contribution >= 4 is 22.5 Å². The topological polar surface area (TPSA) is 82.2 Å². The van der Waals surface area contributed by atoms with Crippen molar-refractivity contribution in [3.05, 3.63) is 66.5 Å². The molecule has 3 rings (SSSR count). The average Bonchev–Trinajstić information content (AvgIpc) is 2.71. The number of phenolic OH excluding ortho intramolecular Hbond substituents is 1. The summed E-state index contributed by atoms with van der Waals surface area (Å²) in [6, 6.07) is 1.98. The van der Waals surface area contributed by atoms with Gasteiger partial charge in [0.25, 0.3) is 5.91 Å². The van der Waals surface area contributed by atoms with Crippen LogP contribution in [0.2, 0.25) is 0 Å². The number of hydrogen-bond donors (Lipinski definition) is 3. The summed E-state index contributed by atoms with van der Waals surface area (Å²) in [6.07, 6.45) is 0. The second-order valence-corrected chi connectivity index (χ2v) is 12.0. The molecule has 5 heteroatoms. The molecule has 2 aromatic carbocycles. The van der Waals surface area contributed by atoms with Gasteiger partial charge in [-0.25, -0.2) is 0 Å². The molecule has 0 saturated heterocycles. The predicted molar refractivity (Wildman–Crippen MR) is 146 cm³/mol. The fourth-order valence-electron chi connectivity index (χ4n) is 4.88. The Balaban J connectivity index is 2.28. The lowest BCUT2D eigenvalue weighted by molar-refractivity contribution is 0.102. The molecule has 0 spiro atoms. The molecule has 5 nitrogen and oxygen atoms in total. The van der Waals surface area contributed by atoms with E-state index < -0.39 is 5.91 Å². The van der Waals surface area contributed by atoms with Gasteiger partial charge in [-0.3, -0.25) is 9.59 Å². The van der Waals surface area contributed by atoms with Gasteiger partial charge in [-0.15, -0.1) is 0 Å². The summed E-state index contributed by atoms with van der Waals surface area (Å²) in [5.74, 6) is -0.306. The Kier molecular flexibility index (Phi) is 6.47. The maximum Gasteiger partial charge on any atom is 0.261 e. The molecule has 0 radical (unpaired) electrons. The zero-order chi connectivity index (χ0) is 26.8. The Hall–Kier alpha value is -3.08. The van der Waals surface area contributed by atoms with Gasteiger partial charge in [-0.2, -0.15) is 0 Å². The van der Waals surface area contributed by atoms with E-state index in [2.05, 4.69) is 58.8 Å². The van der Waals surface area contributed by atoms with Crippen molar-refractivity contribution < 1.29 is 9.90 Å². The minimum Gasteiger partial charge on any atom is -0.507 e. The summed E-state index contributed by atoms with van der Waals surface area (Å²) in [6.45, 7) is 24.0. The zero-order valence-corrected chi connectivity index (χ0v) is 23.3. The van der Waals surface area contributed by atoms with Gasteiger partial charge in [-0.1, -0.05) is 41.5 Å². The molecule has 3 aromatic rings. The molecule has 0 aliphatic heterocycles. The number of aromatic nitrogens is 1. The van der Waals surface area contributed by atoms with E-state index in [9.17, 15) is 14.7 Å². The summed E-state index contributed by atoms with van der Waals surface area (Å²) in [5.41, 5.74) is 7.57. The number of carbonyl (C=O) groups is 1. The fraction of sp³-hybridized carbons (Fsp3) is 0.467. The number of benzene rings is 2. The van der Waals surface area contributed by atoms with E-state index >= 15 is 0 Å². The third-order valence-electron chi connectivity index (χ3n) is 7.45. The van der Waals surface area contributed by atoms with E-state index in [1.54, 1.807) is 6.92 Å². The summed E-state index contributed by atoms with van der Waals surface area (Å²) < 4.78 is 0. The lowest BCUT2D eigenvalue weighted by Gasteiger charge is -2.30. The van der Waals surface area contributed by atoms with Crippen molar-refractivity contribution in [3.8, 4) is 5.75 Å². The van der Waals surface area contributed by atoms with Crippen LogP contribution < -0.4 is 10.7 Å². The highest BCUT2D eigenvalue weighted by atomic mass is 16.3. The quantitative estimate of drug-likeness (QED) is 0.375. The molecule has 0 aliphatic carbocycles. The van der Waals surface area contributed by atoms with Crippen LogP contribution >= 0.6 is 0 Å². The number of hydrogen-bond acceptors (Lipinski definition) is 3. The molecular weight excluding hydrogens is 436 g/mol. The Bertz CT molecular complexity index is 1430. The first-order valence-corrected chi connectivity index (χ1v) is 12.2. The number of pyridine rings is 1. The molecule has 3 N–H and O–H groups in total. The standard InChI is InChI=1S/C30H40N2O3/c1-14-15(2)17(4)25-22(16(14)3)27(34)23(19(6)31-25)28(35)32-24-18(5)26(33)21(30(10,11)12)13-20(24)29(7,8)9/h13,33H,1-12H3,(H,31,34)(H,32,35). The minimum absolute atomic E-state index is 0.0990. The maximum atomic E-state index is 13.7. The molecule has 1 heterocycles. The number of H-pyrrole nitrogens is 1. The number of aryl methyl sites for hydroxylation is 3. The van der Waals surface area contributed by atoms with Crippen molar-refractivity contribution in [1.29, 1.82) is 0 Å². The van der Waals surface area contributed by atoms with Gasteiger partial charge in [0.15, 0.2) is 0 Å². The van der Waals surface area contributed by atoms with Crippen molar-refractivity contribution in [3.63, 3.8) is 0 Å². The molecule has 1 aromatic heterocycles. The number of amides is 1. The van der Waals surface area contributed by atoms with Crippen LogP contribution in [0, 0.1) is 41.5 Å². The summed E-state index contributed by atoms with van der Waals surface area (Å²) in [5, 5.41) is 14.6. The number of aromatic amines is 1. The van der Waals surface area contributed by atoms with Crippen LogP contribution in [0.5, 0.6) is 5.75 Å². The van der Waals surface area contributed by atoms with Crippen molar-refractivity contribution in [2.24, 2.45) is 0 Å². The summed E-state index contributed by atoms with van der Waals surface area (Å²) >= 11 is 0. The predicted octanol–water partition coefficient (Wildman–Crippen LogP) is 6.93. The first kappa shape index (κ1) is 26.5. The van der Waals surface area contributed by atoms with Crippen LogP contribution in [-0.2, 0) is 10.8 Å². The number of rotatable bonds is 2. The van der Waals surface area contributed by atoms with E-state index in [0.717, 1.165) is 38.9 Å². The number of anilines is 1. The van der Waals surface area contributed by atoms with Gasteiger partial charge < -0.3 is 15.4 Å². The highest BCUT2D eigenvalue weighted by molar-refractivity contribution is 6.08. The minimum atomic E-state index is -0.475. The number of nitrogens with one attached hydrogen (secondary N) is 2. The van der Waals surface area contributed by atoms with E-state index in [-0.39, 0.29) is 27.6 Å². The molecule has 0 bridgehead atoms. The van der Waals surface area contributed by atoms with Gasteiger partial charge in [-0.05, 0) is 91.8 Å². The smallest absolute Gasteiger partial charge is 0.261 e. The molecule has 0 unspecified atom stereocenters.